The zero-order chi connectivity index (χ0) is 13.3. The lowest BCUT2D eigenvalue weighted by atomic mass is 9.92. The first-order chi connectivity index (χ1) is 8.56. The Morgan fingerprint density at radius 2 is 1.94 bits per heavy atom. The molecule has 5 heteroatoms. The summed E-state index contributed by atoms with van der Waals surface area (Å²) in [4.78, 5) is 0. The number of aliphatic hydroxyl groups excluding tert-OH is 1. The maximum absolute atomic E-state index is 10.0. The number of fused-ring (bicyclic) bond motifs is 1. The van der Waals surface area contributed by atoms with Crippen LogP contribution < -0.4 is 15.2 Å². The van der Waals surface area contributed by atoms with E-state index in [9.17, 15) is 5.11 Å². The molecule has 0 fully saturated rings. The van der Waals surface area contributed by atoms with Crippen LogP contribution in [0.25, 0.3) is 0 Å². The molecule has 0 bridgehead atoms. The molecule has 1 unspecified atom stereocenters. The van der Waals surface area contributed by atoms with Crippen LogP contribution in [-0.4, -0.2) is 24.9 Å². The number of ether oxygens (including phenoxy) is 2. The molecule has 1 heterocycles. The summed E-state index contributed by atoms with van der Waals surface area (Å²) in [6.45, 7) is 5.20. The first-order valence-corrected chi connectivity index (χ1v) is 6.44. The fourth-order valence-electron chi connectivity index (χ4n) is 2.21. The van der Waals surface area contributed by atoms with E-state index in [1.54, 1.807) is 6.07 Å². The van der Waals surface area contributed by atoms with Crippen molar-refractivity contribution < 1.29 is 14.6 Å². The predicted molar refractivity (Wildman–Crippen MR) is 70.5 cm³/mol. The van der Waals surface area contributed by atoms with Gasteiger partial charge in [0, 0.05) is 12.1 Å². The van der Waals surface area contributed by atoms with Crippen molar-refractivity contribution in [1.29, 1.82) is 0 Å². The molecule has 100 valence electrons. The Labute approximate surface area is 112 Å². The van der Waals surface area contributed by atoms with Gasteiger partial charge in [0.1, 0.15) is 13.2 Å². The molecule has 3 N–H and O–H groups in total. The summed E-state index contributed by atoms with van der Waals surface area (Å²) >= 11 is 6.17. The lowest BCUT2D eigenvalue weighted by molar-refractivity contribution is 0.163. The van der Waals surface area contributed by atoms with Gasteiger partial charge >= 0.3 is 0 Å². The SMILES string of the molecule is CC(C)c1c(C(O)CN)cc(Cl)c2c1OCCO2. The van der Waals surface area contributed by atoms with Gasteiger partial charge in [-0.2, -0.15) is 0 Å². The number of hydrogen-bond donors (Lipinski definition) is 2. The number of benzene rings is 1. The van der Waals surface area contributed by atoms with Crippen molar-refractivity contribution in [3.63, 3.8) is 0 Å². The van der Waals surface area contributed by atoms with Crippen LogP contribution in [0.2, 0.25) is 5.02 Å². The Balaban J connectivity index is 2.63. The molecule has 0 amide bonds. The molecule has 1 atom stereocenters. The van der Waals surface area contributed by atoms with E-state index in [-0.39, 0.29) is 12.5 Å². The largest absolute Gasteiger partial charge is 0.486 e. The summed E-state index contributed by atoms with van der Waals surface area (Å²) in [5, 5.41) is 10.5. The summed E-state index contributed by atoms with van der Waals surface area (Å²) in [6.07, 6.45) is -0.740. The van der Waals surface area contributed by atoms with E-state index >= 15 is 0 Å². The monoisotopic (exact) mass is 271 g/mol. The van der Waals surface area contributed by atoms with E-state index in [4.69, 9.17) is 26.8 Å². The Bertz CT molecular complexity index is 448. The third-order valence-corrected chi connectivity index (χ3v) is 3.28. The Morgan fingerprint density at radius 1 is 1.33 bits per heavy atom. The molecule has 0 aromatic heterocycles. The first-order valence-electron chi connectivity index (χ1n) is 6.06. The van der Waals surface area contributed by atoms with Crippen molar-refractivity contribution in [3.8, 4) is 11.5 Å². The maximum atomic E-state index is 10.0. The predicted octanol–water partition coefficient (Wildman–Crippen LogP) is 2.23. The van der Waals surface area contributed by atoms with Crippen LogP contribution in [0.4, 0.5) is 0 Å². The van der Waals surface area contributed by atoms with Crippen molar-refractivity contribution in [2.45, 2.75) is 25.9 Å². The molecule has 4 nitrogen and oxygen atoms in total. The van der Waals surface area contributed by atoms with E-state index in [1.807, 2.05) is 13.8 Å². The van der Waals surface area contributed by atoms with Crippen LogP contribution in [0.15, 0.2) is 6.07 Å². The fourth-order valence-corrected chi connectivity index (χ4v) is 2.46. The van der Waals surface area contributed by atoms with E-state index in [0.717, 1.165) is 11.1 Å². The Hall–Kier alpha value is -0.970. The van der Waals surface area contributed by atoms with Crippen LogP contribution >= 0.6 is 11.6 Å². The maximum Gasteiger partial charge on any atom is 0.180 e. The molecule has 0 saturated carbocycles. The van der Waals surface area contributed by atoms with Gasteiger partial charge in [-0.15, -0.1) is 0 Å². The van der Waals surface area contributed by atoms with Gasteiger partial charge in [0.2, 0.25) is 0 Å². The molecule has 0 aliphatic carbocycles. The van der Waals surface area contributed by atoms with Crippen LogP contribution in [0.3, 0.4) is 0 Å². The van der Waals surface area contributed by atoms with Gasteiger partial charge in [-0.05, 0) is 17.5 Å². The zero-order valence-electron chi connectivity index (χ0n) is 10.6. The minimum atomic E-state index is -0.740. The quantitative estimate of drug-likeness (QED) is 0.885. The first kappa shape index (κ1) is 13.5. The van der Waals surface area contributed by atoms with Gasteiger partial charge in [0.25, 0.3) is 0 Å². The second-order valence-corrected chi connectivity index (χ2v) is 5.03. The second-order valence-electron chi connectivity index (χ2n) is 4.62. The van der Waals surface area contributed by atoms with Gasteiger partial charge in [-0.3, -0.25) is 0 Å². The normalized spacial score (nSPS) is 15.9. The third-order valence-electron chi connectivity index (χ3n) is 3.00. The third kappa shape index (κ3) is 2.28. The molecular weight excluding hydrogens is 254 g/mol. The smallest absolute Gasteiger partial charge is 0.180 e. The topological polar surface area (TPSA) is 64.7 Å². The Morgan fingerprint density at radius 3 is 2.50 bits per heavy atom. The molecule has 0 radical (unpaired) electrons. The molecule has 1 aliphatic rings. The van der Waals surface area contributed by atoms with E-state index in [0.29, 0.717) is 29.7 Å². The highest BCUT2D eigenvalue weighted by Gasteiger charge is 2.26. The molecular formula is C13H18ClNO3. The number of nitrogens with two attached hydrogens (primary N) is 1. The van der Waals surface area contributed by atoms with Crippen molar-refractivity contribution in [2.75, 3.05) is 19.8 Å². The van der Waals surface area contributed by atoms with Crippen molar-refractivity contribution in [1.82, 2.24) is 0 Å². The summed E-state index contributed by atoms with van der Waals surface area (Å²) in [7, 11) is 0. The molecule has 18 heavy (non-hydrogen) atoms. The second kappa shape index (κ2) is 5.34. The highest BCUT2D eigenvalue weighted by atomic mass is 35.5. The van der Waals surface area contributed by atoms with E-state index < -0.39 is 6.10 Å². The van der Waals surface area contributed by atoms with Gasteiger partial charge in [0.15, 0.2) is 11.5 Å². The summed E-state index contributed by atoms with van der Waals surface area (Å²) < 4.78 is 11.2. The van der Waals surface area contributed by atoms with Crippen molar-refractivity contribution in [2.24, 2.45) is 5.73 Å². The highest BCUT2D eigenvalue weighted by molar-refractivity contribution is 6.32. The van der Waals surface area contributed by atoms with Crippen molar-refractivity contribution in [3.05, 3.63) is 22.2 Å². The van der Waals surface area contributed by atoms with Crippen LogP contribution in [0, 0.1) is 0 Å². The number of hydrogen-bond acceptors (Lipinski definition) is 4. The number of halogens is 1. The van der Waals surface area contributed by atoms with Gasteiger partial charge < -0.3 is 20.3 Å². The van der Waals surface area contributed by atoms with Gasteiger partial charge in [0.05, 0.1) is 11.1 Å². The van der Waals surface area contributed by atoms with Crippen LogP contribution in [-0.2, 0) is 0 Å². The standard InChI is InChI=1S/C13H18ClNO3/c1-7(2)11-8(10(16)6-15)5-9(14)12-13(11)18-4-3-17-12/h5,7,10,16H,3-4,6,15H2,1-2H3. The summed E-state index contributed by atoms with van der Waals surface area (Å²) in [5.41, 5.74) is 7.18. The average Bonchev–Trinajstić information content (AvgIpc) is 2.37. The van der Waals surface area contributed by atoms with E-state index in [2.05, 4.69) is 0 Å². The van der Waals surface area contributed by atoms with Crippen LogP contribution in [0.5, 0.6) is 11.5 Å². The van der Waals surface area contributed by atoms with Gasteiger partial charge in [-0.1, -0.05) is 25.4 Å². The zero-order valence-corrected chi connectivity index (χ0v) is 11.3. The minimum Gasteiger partial charge on any atom is -0.486 e. The fraction of sp³-hybridized carbons (Fsp3) is 0.538. The average molecular weight is 272 g/mol. The molecule has 1 aromatic rings. The summed E-state index contributed by atoms with van der Waals surface area (Å²) in [6, 6.07) is 1.72. The Kier molecular flexibility index (Phi) is 4.00. The molecule has 0 spiro atoms. The van der Waals surface area contributed by atoms with Gasteiger partial charge in [-0.25, -0.2) is 0 Å². The molecule has 0 saturated heterocycles. The van der Waals surface area contributed by atoms with Crippen LogP contribution in [0.1, 0.15) is 37.0 Å². The highest BCUT2D eigenvalue weighted by Crippen LogP contribution is 2.46. The molecule has 1 aromatic carbocycles. The number of rotatable bonds is 3. The lowest BCUT2D eigenvalue weighted by Gasteiger charge is -2.27. The number of aliphatic hydroxyl groups is 1. The molecule has 1 aliphatic heterocycles. The van der Waals surface area contributed by atoms with Crippen molar-refractivity contribution >= 4 is 11.6 Å². The molecule has 2 rings (SSSR count). The minimum absolute atomic E-state index is 0.149. The summed E-state index contributed by atoms with van der Waals surface area (Å²) in [5.74, 6) is 1.40. The van der Waals surface area contributed by atoms with E-state index in [1.165, 1.54) is 0 Å². The lowest BCUT2D eigenvalue weighted by Crippen LogP contribution is -2.20.